The minimum Gasteiger partial charge on any atom is -0.497 e. The maximum absolute atomic E-state index is 12.2. The fourth-order valence-electron chi connectivity index (χ4n) is 2.66. The lowest BCUT2D eigenvalue weighted by atomic mass is 10.2. The van der Waals surface area contributed by atoms with Gasteiger partial charge in [0.25, 0.3) is 5.56 Å². The third-order valence-corrected chi connectivity index (χ3v) is 3.75. The van der Waals surface area contributed by atoms with Crippen molar-refractivity contribution in [3.63, 3.8) is 0 Å². The van der Waals surface area contributed by atoms with Gasteiger partial charge in [0.15, 0.2) is 0 Å². The molecule has 0 spiro atoms. The van der Waals surface area contributed by atoms with Gasteiger partial charge in [-0.15, -0.1) is 0 Å². The zero-order chi connectivity index (χ0) is 15.1. The Morgan fingerprint density at radius 2 is 2.32 bits per heavy atom. The van der Waals surface area contributed by atoms with Crippen LogP contribution in [0.4, 0.5) is 0 Å². The van der Waals surface area contributed by atoms with Crippen LogP contribution in [-0.4, -0.2) is 26.7 Å². The van der Waals surface area contributed by atoms with Gasteiger partial charge in [-0.1, -0.05) is 18.2 Å². The molecule has 2 heterocycles. The Kier molecular flexibility index (Phi) is 2.82. The van der Waals surface area contributed by atoms with Crippen LogP contribution in [0.2, 0.25) is 0 Å². The van der Waals surface area contributed by atoms with Crippen molar-refractivity contribution in [2.75, 3.05) is 7.11 Å². The van der Waals surface area contributed by atoms with E-state index in [0.717, 1.165) is 35.2 Å². The monoisotopic (exact) mass is 294 g/mol. The molecule has 0 unspecified atom stereocenters. The van der Waals surface area contributed by atoms with Gasteiger partial charge in [-0.25, -0.2) is 4.98 Å². The molecule has 2 aromatic heterocycles. The van der Waals surface area contributed by atoms with Crippen LogP contribution >= 0.6 is 0 Å². The van der Waals surface area contributed by atoms with Gasteiger partial charge in [-0.05, 0) is 36.6 Å². The van der Waals surface area contributed by atoms with Crippen molar-refractivity contribution in [2.45, 2.75) is 12.8 Å². The van der Waals surface area contributed by atoms with E-state index in [1.165, 1.54) is 0 Å². The summed E-state index contributed by atoms with van der Waals surface area (Å²) >= 11 is 0. The number of methoxy groups -OCH3 is 1. The van der Waals surface area contributed by atoms with E-state index in [9.17, 15) is 4.79 Å². The number of imidazole rings is 1. The number of H-pyrrole nitrogens is 1. The molecule has 3 aromatic rings. The van der Waals surface area contributed by atoms with E-state index in [0.29, 0.717) is 11.1 Å². The maximum Gasteiger partial charge on any atom is 0.276 e. The van der Waals surface area contributed by atoms with Crippen LogP contribution in [0.25, 0.3) is 17.9 Å². The van der Waals surface area contributed by atoms with Crippen LogP contribution in [-0.2, 0) is 6.42 Å². The maximum atomic E-state index is 12.2. The summed E-state index contributed by atoms with van der Waals surface area (Å²) in [5.74, 6) is 1.21. The number of benzene rings is 1. The highest BCUT2D eigenvalue weighted by atomic mass is 16.5. The quantitative estimate of drug-likeness (QED) is 0.721. The van der Waals surface area contributed by atoms with Crippen molar-refractivity contribution in [3.8, 4) is 5.75 Å². The number of aromatic nitrogens is 4. The highest BCUT2D eigenvalue weighted by Gasteiger charge is 2.11. The summed E-state index contributed by atoms with van der Waals surface area (Å²) in [4.78, 5) is 19.4. The lowest BCUT2D eigenvalue weighted by Crippen LogP contribution is -2.28. The van der Waals surface area contributed by atoms with Crippen LogP contribution in [0.15, 0.2) is 29.1 Å². The number of aromatic amines is 1. The van der Waals surface area contributed by atoms with E-state index in [1.54, 1.807) is 17.7 Å². The predicted molar refractivity (Wildman–Crippen MR) is 82.2 cm³/mol. The standard InChI is InChI=1S/C16H14N4O2/c1-22-11-5-2-4-10(8-11)9-14-15(21)18-16-17-12-6-3-7-13(12)19-20(14)16/h2,4-6,8-9H,3,7H2,1H3,(H,17,18,21)/b14-9-. The summed E-state index contributed by atoms with van der Waals surface area (Å²) in [6.07, 6.45) is 5.64. The minimum atomic E-state index is -0.202. The number of rotatable bonds is 2. The molecule has 1 aliphatic carbocycles. The normalized spacial score (nSPS) is 14.1. The third-order valence-electron chi connectivity index (χ3n) is 3.75. The Balaban J connectivity index is 1.98. The number of nitrogens with zero attached hydrogens (tertiary/aromatic N) is 3. The average molecular weight is 294 g/mol. The molecule has 1 N–H and O–H groups in total. The molecule has 0 fully saturated rings. The Morgan fingerprint density at radius 1 is 1.41 bits per heavy atom. The molecule has 6 heteroatoms. The lowest BCUT2D eigenvalue weighted by Gasteiger charge is -2.00. The van der Waals surface area contributed by atoms with Crippen LogP contribution in [0, 0.1) is 0 Å². The molecule has 22 heavy (non-hydrogen) atoms. The topological polar surface area (TPSA) is 72.3 Å². The Hall–Kier alpha value is -2.89. The van der Waals surface area contributed by atoms with E-state index < -0.39 is 0 Å². The molecule has 0 bridgehead atoms. The van der Waals surface area contributed by atoms with E-state index in [2.05, 4.69) is 15.1 Å². The first-order valence-corrected chi connectivity index (χ1v) is 7.08. The molecule has 0 radical (unpaired) electrons. The summed E-state index contributed by atoms with van der Waals surface area (Å²) < 4.78 is 6.79. The SMILES string of the molecule is COc1cccc(/C=c2/c(=O)[nH]c3nc4c(nn23)CCC=4)c1. The second-order valence-corrected chi connectivity index (χ2v) is 5.18. The molecule has 0 saturated carbocycles. The molecule has 0 aliphatic heterocycles. The van der Waals surface area contributed by atoms with Crippen molar-refractivity contribution >= 4 is 17.9 Å². The van der Waals surface area contributed by atoms with Crippen molar-refractivity contribution in [2.24, 2.45) is 0 Å². The summed E-state index contributed by atoms with van der Waals surface area (Å²) in [6.45, 7) is 0. The summed E-state index contributed by atoms with van der Waals surface area (Å²) in [7, 11) is 1.61. The molecule has 1 aromatic carbocycles. The zero-order valence-corrected chi connectivity index (χ0v) is 12.0. The largest absolute Gasteiger partial charge is 0.497 e. The van der Waals surface area contributed by atoms with Gasteiger partial charge in [-0.3, -0.25) is 9.78 Å². The van der Waals surface area contributed by atoms with Gasteiger partial charge >= 0.3 is 0 Å². The highest BCUT2D eigenvalue weighted by molar-refractivity contribution is 5.51. The molecule has 4 rings (SSSR count). The van der Waals surface area contributed by atoms with E-state index >= 15 is 0 Å². The van der Waals surface area contributed by atoms with Gasteiger partial charge in [0.2, 0.25) is 5.78 Å². The number of fused-ring (bicyclic) bond motifs is 2. The first-order chi connectivity index (χ1) is 10.7. The van der Waals surface area contributed by atoms with Crippen LogP contribution < -0.4 is 21.0 Å². The van der Waals surface area contributed by atoms with Crippen molar-refractivity contribution in [3.05, 3.63) is 56.6 Å². The number of hydrogen-bond donors (Lipinski definition) is 1. The fourth-order valence-corrected chi connectivity index (χ4v) is 2.66. The second-order valence-electron chi connectivity index (χ2n) is 5.18. The van der Waals surface area contributed by atoms with Gasteiger partial charge in [0, 0.05) is 0 Å². The van der Waals surface area contributed by atoms with Gasteiger partial charge in [0.1, 0.15) is 11.1 Å². The predicted octanol–water partition coefficient (Wildman–Crippen LogP) is -0.0183. The Morgan fingerprint density at radius 3 is 3.18 bits per heavy atom. The van der Waals surface area contributed by atoms with Crippen molar-refractivity contribution < 1.29 is 4.74 Å². The smallest absolute Gasteiger partial charge is 0.276 e. The average Bonchev–Trinajstić information content (AvgIpc) is 3.10. The van der Waals surface area contributed by atoms with E-state index in [4.69, 9.17) is 4.74 Å². The van der Waals surface area contributed by atoms with Crippen LogP contribution in [0.1, 0.15) is 17.7 Å². The highest BCUT2D eigenvalue weighted by Crippen LogP contribution is 2.12. The van der Waals surface area contributed by atoms with Crippen LogP contribution in [0.5, 0.6) is 5.75 Å². The molecule has 0 amide bonds. The first-order valence-electron chi connectivity index (χ1n) is 7.08. The van der Waals surface area contributed by atoms with Crippen LogP contribution in [0.3, 0.4) is 0 Å². The second kappa shape index (κ2) is 4.84. The Bertz CT molecular complexity index is 1050. The zero-order valence-electron chi connectivity index (χ0n) is 12.0. The van der Waals surface area contributed by atoms with E-state index in [1.807, 2.05) is 30.3 Å². The molecular formula is C16H14N4O2. The summed E-state index contributed by atoms with van der Waals surface area (Å²) in [5.41, 5.74) is 1.60. The third kappa shape index (κ3) is 2.00. The van der Waals surface area contributed by atoms with E-state index in [-0.39, 0.29) is 5.56 Å². The van der Waals surface area contributed by atoms with Gasteiger partial charge in [-0.2, -0.15) is 9.61 Å². The molecule has 110 valence electrons. The molecule has 1 aliphatic rings. The number of ether oxygens (including phenoxy) is 1. The van der Waals surface area contributed by atoms with Crippen molar-refractivity contribution in [1.29, 1.82) is 0 Å². The number of aryl methyl sites for hydroxylation is 1. The van der Waals surface area contributed by atoms with Gasteiger partial charge in [0.05, 0.1) is 18.2 Å². The Labute approximate surface area is 125 Å². The summed E-state index contributed by atoms with van der Waals surface area (Å²) in [6, 6.07) is 7.52. The van der Waals surface area contributed by atoms with Gasteiger partial charge < -0.3 is 4.74 Å². The summed E-state index contributed by atoms with van der Waals surface area (Å²) in [5, 5.41) is 5.88. The molecule has 6 nitrogen and oxygen atoms in total. The van der Waals surface area contributed by atoms with Crippen molar-refractivity contribution in [1.82, 2.24) is 19.6 Å². The minimum absolute atomic E-state index is 0.202. The molecular weight excluding hydrogens is 280 g/mol. The first kappa shape index (κ1) is 12.8. The molecule has 0 saturated heterocycles. The lowest BCUT2D eigenvalue weighted by molar-refractivity contribution is 0.414. The number of hydrogen-bond acceptors (Lipinski definition) is 4. The number of nitrogens with one attached hydrogen (secondary N) is 1. The fraction of sp³-hybridized carbons (Fsp3) is 0.188. The molecule has 0 atom stereocenters.